The molecule has 0 aliphatic heterocycles. The van der Waals surface area contributed by atoms with E-state index in [0.717, 1.165) is 71.3 Å². The van der Waals surface area contributed by atoms with Crippen LogP contribution in [0.4, 0.5) is 0 Å². The molecule has 1 heteroatoms. The summed E-state index contributed by atoms with van der Waals surface area (Å²) in [6.07, 6.45) is 0. The highest BCUT2D eigenvalue weighted by Gasteiger charge is 2.18. The Kier molecular flexibility index (Phi) is 3.89. The van der Waals surface area contributed by atoms with Gasteiger partial charge in [-0.05, 0) is 61.5 Å². The predicted octanol–water partition coefficient (Wildman–Crippen LogP) is 10.9. The summed E-state index contributed by atoms with van der Waals surface area (Å²) in [7, 11) is 0. The van der Waals surface area contributed by atoms with Gasteiger partial charge in [0.05, 0.1) is 6.85 Å². The molecule has 0 radical (unpaired) electrons. The Morgan fingerprint density at radius 2 is 1.03 bits per heavy atom. The molecular formula is C38H24O. The molecule has 0 spiro atoms. The Morgan fingerprint density at radius 1 is 0.410 bits per heavy atom. The number of rotatable bonds is 3. The van der Waals surface area contributed by atoms with Crippen molar-refractivity contribution in [2.75, 3.05) is 0 Å². The summed E-state index contributed by atoms with van der Waals surface area (Å²) in [4.78, 5) is 0. The van der Waals surface area contributed by atoms with E-state index in [2.05, 4.69) is 6.07 Å². The molecule has 1 aromatic heterocycles. The lowest BCUT2D eigenvalue weighted by Crippen LogP contribution is -1.90. The van der Waals surface area contributed by atoms with Gasteiger partial charge in [-0.1, -0.05) is 133 Å². The van der Waals surface area contributed by atoms with Crippen LogP contribution in [0, 0.1) is 0 Å². The van der Waals surface area contributed by atoms with E-state index >= 15 is 0 Å². The third kappa shape index (κ3) is 3.41. The SMILES string of the molecule is [2H]c1ccc(-c2cccc3c2oc2cc(-c4c5cc([2H])c([2H])cc5c(-c5ccccc5)c5cc([2H])c([2H])cc45)ccc23)cc1. The van der Waals surface area contributed by atoms with E-state index in [1.807, 2.05) is 72.8 Å². The quantitative estimate of drug-likeness (QED) is 0.219. The van der Waals surface area contributed by atoms with E-state index < -0.39 is 0 Å². The molecule has 0 amide bonds. The van der Waals surface area contributed by atoms with Crippen molar-refractivity contribution in [2.45, 2.75) is 0 Å². The lowest BCUT2D eigenvalue weighted by Gasteiger charge is -2.17. The molecule has 0 fully saturated rings. The van der Waals surface area contributed by atoms with E-state index in [-0.39, 0.29) is 24.2 Å². The minimum absolute atomic E-state index is 0.119. The first-order valence-electron chi connectivity index (χ1n) is 15.4. The van der Waals surface area contributed by atoms with Crippen LogP contribution < -0.4 is 0 Å². The lowest BCUT2D eigenvalue weighted by atomic mass is 9.86. The normalized spacial score (nSPS) is 13.4. The van der Waals surface area contributed by atoms with E-state index in [4.69, 9.17) is 11.3 Å². The van der Waals surface area contributed by atoms with Crippen LogP contribution in [0.2, 0.25) is 0 Å². The van der Waals surface area contributed by atoms with E-state index in [0.29, 0.717) is 11.6 Å². The van der Waals surface area contributed by atoms with Crippen LogP contribution in [-0.2, 0) is 0 Å². The minimum atomic E-state index is 0.119. The van der Waals surface area contributed by atoms with Gasteiger partial charge in [-0.25, -0.2) is 0 Å². The molecule has 1 heterocycles. The molecule has 1 nitrogen and oxygen atoms in total. The summed E-state index contributed by atoms with van der Waals surface area (Å²) in [5, 5.41) is 5.22. The highest BCUT2D eigenvalue weighted by Crippen LogP contribution is 2.45. The standard InChI is InChI=1S/C38H24O/c1-3-12-25(13-4-1)28-20-11-21-34-29-23-22-27(24-35(29)39-38(28)34)37-32-18-9-7-16-30(32)36(26-14-5-2-6-15-26)31-17-8-10-19-33(31)37/h1-24H/i1D,7D,8D,9D,10D. The second-order valence-corrected chi connectivity index (χ2v) is 9.71. The van der Waals surface area contributed by atoms with Crippen molar-refractivity contribution in [3.63, 3.8) is 0 Å². The largest absolute Gasteiger partial charge is 0.455 e. The van der Waals surface area contributed by atoms with Crippen molar-refractivity contribution in [2.24, 2.45) is 0 Å². The Balaban J connectivity index is 1.46. The van der Waals surface area contributed by atoms with Crippen LogP contribution in [-0.4, -0.2) is 0 Å². The number of hydrogen-bond donors (Lipinski definition) is 0. The van der Waals surface area contributed by atoms with Crippen molar-refractivity contribution < 1.29 is 11.3 Å². The fourth-order valence-corrected chi connectivity index (χ4v) is 5.86. The van der Waals surface area contributed by atoms with Crippen LogP contribution in [0.1, 0.15) is 6.85 Å². The van der Waals surface area contributed by atoms with Gasteiger partial charge in [0.1, 0.15) is 11.2 Å². The fraction of sp³-hybridized carbons (Fsp3) is 0. The van der Waals surface area contributed by atoms with Gasteiger partial charge in [-0.15, -0.1) is 0 Å². The Bertz CT molecular complexity index is 2360. The monoisotopic (exact) mass is 501 g/mol. The molecule has 0 atom stereocenters. The van der Waals surface area contributed by atoms with Gasteiger partial charge in [0.15, 0.2) is 0 Å². The van der Waals surface area contributed by atoms with Crippen LogP contribution in [0.5, 0.6) is 0 Å². The summed E-state index contributed by atoms with van der Waals surface area (Å²) in [6, 6.07) is 37.4. The predicted molar refractivity (Wildman–Crippen MR) is 165 cm³/mol. The third-order valence-corrected chi connectivity index (χ3v) is 7.57. The number of fused-ring (bicyclic) bond motifs is 5. The van der Waals surface area contributed by atoms with Crippen LogP contribution in [0.25, 0.3) is 76.9 Å². The van der Waals surface area contributed by atoms with Gasteiger partial charge in [-0.2, -0.15) is 0 Å². The molecule has 0 bridgehead atoms. The van der Waals surface area contributed by atoms with E-state index in [9.17, 15) is 0 Å². The van der Waals surface area contributed by atoms with Crippen molar-refractivity contribution in [3.8, 4) is 33.4 Å². The molecule has 182 valence electrons. The molecule has 0 saturated heterocycles. The average molecular weight is 502 g/mol. The van der Waals surface area contributed by atoms with Gasteiger partial charge >= 0.3 is 0 Å². The Morgan fingerprint density at radius 3 is 1.69 bits per heavy atom. The molecule has 0 aliphatic rings. The molecule has 39 heavy (non-hydrogen) atoms. The molecule has 8 rings (SSSR count). The highest BCUT2D eigenvalue weighted by atomic mass is 16.3. The zero-order valence-electron chi connectivity index (χ0n) is 25.9. The minimum Gasteiger partial charge on any atom is -0.455 e. The van der Waals surface area contributed by atoms with E-state index in [1.165, 1.54) is 0 Å². The summed E-state index contributed by atoms with van der Waals surface area (Å²) in [5.74, 6) is 0. The number of hydrogen-bond acceptors (Lipinski definition) is 1. The van der Waals surface area contributed by atoms with Crippen molar-refractivity contribution in [1.29, 1.82) is 0 Å². The van der Waals surface area contributed by atoms with Gasteiger partial charge in [0.25, 0.3) is 0 Å². The second kappa shape index (κ2) is 8.72. The first kappa shape index (κ1) is 17.4. The van der Waals surface area contributed by atoms with Gasteiger partial charge < -0.3 is 4.42 Å². The van der Waals surface area contributed by atoms with Crippen LogP contribution in [0.15, 0.2) is 150 Å². The Labute approximate surface area is 233 Å². The van der Waals surface area contributed by atoms with Crippen LogP contribution in [0.3, 0.4) is 0 Å². The second-order valence-electron chi connectivity index (χ2n) is 9.71. The maximum Gasteiger partial charge on any atom is 0.143 e. The molecule has 0 aliphatic carbocycles. The smallest absolute Gasteiger partial charge is 0.143 e. The third-order valence-electron chi connectivity index (χ3n) is 7.57. The number of para-hydroxylation sites is 1. The molecule has 0 saturated carbocycles. The average Bonchev–Trinajstić information content (AvgIpc) is 3.41. The summed E-state index contributed by atoms with van der Waals surface area (Å²) >= 11 is 0. The first-order chi connectivity index (χ1) is 21.4. The van der Waals surface area contributed by atoms with E-state index in [1.54, 1.807) is 36.4 Å². The highest BCUT2D eigenvalue weighted by molar-refractivity contribution is 6.22. The zero-order valence-corrected chi connectivity index (χ0v) is 20.9. The van der Waals surface area contributed by atoms with Gasteiger partial charge in [-0.3, -0.25) is 0 Å². The molecule has 0 N–H and O–H groups in total. The van der Waals surface area contributed by atoms with Gasteiger partial charge in [0.2, 0.25) is 0 Å². The van der Waals surface area contributed by atoms with Crippen molar-refractivity contribution in [1.82, 2.24) is 0 Å². The van der Waals surface area contributed by atoms with Crippen molar-refractivity contribution >= 4 is 43.5 Å². The van der Waals surface area contributed by atoms with Crippen molar-refractivity contribution in [3.05, 3.63) is 145 Å². The maximum atomic E-state index is 8.56. The lowest BCUT2D eigenvalue weighted by molar-refractivity contribution is 0.670. The summed E-state index contributed by atoms with van der Waals surface area (Å²) < 4.78 is 48.6. The molecular weight excluding hydrogens is 472 g/mol. The zero-order chi connectivity index (χ0) is 30.1. The van der Waals surface area contributed by atoms with Gasteiger partial charge in [0, 0.05) is 16.3 Å². The number of furan rings is 1. The molecule has 7 aromatic carbocycles. The fourth-order valence-electron chi connectivity index (χ4n) is 5.86. The maximum absolute atomic E-state index is 8.56. The summed E-state index contributed by atoms with van der Waals surface area (Å²) in [5.41, 5.74) is 6.94. The molecule has 0 unspecified atom stereocenters. The van der Waals surface area contributed by atoms with Crippen LogP contribution >= 0.6 is 0 Å². The number of benzene rings is 7. The molecule has 8 aromatic rings. The summed E-state index contributed by atoms with van der Waals surface area (Å²) in [6.45, 7) is 0. The first-order valence-corrected chi connectivity index (χ1v) is 12.9. The topological polar surface area (TPSA) is 13.1 Å². The Hall–Kier alpha value is -5.14.